The highest BCUT2D eigenvalue weighted by molar-refractivity contribution is 5.99. The molecular weight excluding hydrogens is 300 g/mol. The summed E-state index contributed by atoms with van der Waals surface area (Å²) in [6.45, 7) is 0.605. The summed E-state index contributed by atoms with van der Waals surface area (Å²) < 4.78 is 5.67. The third-order valence-electron chi connectivity index (χ3n) is 4.44. The van der Waals surface area contributed by atoms with Crippen LogP contribution in [0.1, 0.15) is 30.7 Å². The van der Waals surface area contributed by atoms with Crippen molar-refractivity contribution in [3.05, 3.63) is 78.4 Å². The number of carbonyl (C=O) groups is 1. The summed E-state index contributed by atoms with van der Waals surface area (Å²) in [5, 5.41) is 10.9. The number of carbonyl (C=O) groups excluding carboxylic acids is 1. The van der Waals surface area contributed by atoms with Crippen LogP contribution in [-0.2, 0) is 4.79 Å². The first-order valence-electron chi connectivity index (χ1n) is 8.37. The molecule has 124 valence electrons. The van der Waals surface area contributed by atoms with Crippen molar-refractivity contribution in [1.29, 1.82) is 0 Å². The monoisotopic (exact) mass is 322 g/mol. The van der Waals surface area contributed by atoms with Crippen LogP contribution in [0.2, 0.25) is 0 Å². The van der Waals surface area contributed by atoms with Crippen molar-refractivity contribution < 1.29 is 14.6 Å². The van der Waals surface area contributed by atoms with Crippen molar-refractivity contribution in [2.45, 2.75) is 30.8 Å². The predicted octanol–water partition coefficient (Wildman–Crippen LogP) is 3.89. The zero-order valence-corrected chi connectivity index (χ0v) is 13.6. The molecule has 0 saturated heterocycles. The fraction of sp³-hybridized carbons (Fsp3) is 0.286. The highest BCUT2D eigenvalue weighted by Crippen LogP contribution is 2.39. The minimum absolute atomic E-state index is 0.0239. The van der Waals surface area contributed by atoms with Crippen molar-refractivity contribution in [3.8, 4) is 5.75 Å². The van der Waals surface area contributed by atoms with Gasteiger partial charge in [-0.1, -0.05) is 48.5 Å². The Balaban J connectivity index is 1.53. The SMILES string of the molecule is O=C1C=C[C@](O)(CCCCOc2ccccc2)[C@H]1c1ccccc1. The number of allylic oxidation sites excluding steroid dienone is 1. The molecule has 0 aromatic heterocycles. The van der Waals surface area contributed by atoms with Crippen LogP contribution >= 0.6 is 0 Å². The summed E-state index contributed by atoms with van der Waals surface area (Å²) in [4.78, 5) is 12.2. The Labute approximate surface area is 142 Å². The molecule has 24 heavy (non-hydrogen) atoms. The lowest BCUT2D eigenvalue weighted by Crippen LogP contribution is -2.34. The first-order chi connectivity index (χ1) is 11.7. The molecule has 0 heterocycles. The summed E-state index contributed by atoms with van der Waals surface area (Å²) in [5.74, 6) is 0.340. The number of benzene rings is 2. The van der Waals surface area contributed by atoms with Gasteiger partial charge in [0, 0.05) is 0 Å². The minimum atomic E-state index is -1.09. The molecular formula is C21H22O3. The van der Waals surface area contributed by atoms with Gasteiger partial charge < -0.3 is 9.84 Å². The highest BCUT2D eigenvalue weighted by atomic mass is 16.5. The Morgan fingerprint density at radius 2 is 1.62 bits per heavy atom. The van der Waals surface area contributed by atoms with Crippen LogP contribution < -0.4 is 4.74 Å². The predicted molar refractivity (Wildman–Crippen MR) is 94.1 cm³/mol. The van der Waals surface area contributed by atoms with Gasteiger partial charge in [-0.05, 0) is 49.1 Å². The van der Waals surface area contributed by atoms with E-state index < -0.39 is 11.5 Å². The van der Waals surface area contributed by atoms with Gasteiger partial charge in [0.1, 0.15) is 5.75 Å². The van der Waals surface area contributed by atoms with Gasteiger partial charge in [0.25, 0.3) is 0 Å². The normalized spacial score (nSPS) is 22.7. The molecule has 0 aliphatic heterocycles. The third-order valence-corrected chi connectivity index (χ3v) is 4.44. The Hall–Kier alpha value is -2.39. The molecule has 2 aromatic carbocycles. The molecule has 0 radical (unpaired) electrons. The first kappa shape index (κ1) is 16.5. The van der Waals surface area contributed by atoms with E-state index in [1.807, 2.05) is 60.7 Å². The van der Waals surface area contributed by atoms with Gasteiger partial charge in [0.2, 0.25) is 0 Å². The largest absolute Gasteiger partial charge is 0.494 e. The number of ketones is 1. The molecule has 2 atom stereocenters. The molecule has 1 aliphatic rings. The summed E-state index contributed by atoms with van der Waals surface area (Å²) in [6, 6.07) is 19.2. The molecule has 1 N–H and O–H groups in total. The standard InChI is InChI=1S/C21H22O3/c22-19-13-15-21(23,20(19)17-9-3-1-4-10-17)14-7-8-16-24-18-11-5-2-6-12-18/h1-6,9-13,15,20,23H,7-8,14,16H2/t20-,21+/m0/s1. The van der Waals surface area contributed by atoms with Crippen molar-refractivity contribution in [1.82, 2.24) is 0 Å². The van der Waals surface area contributed by atoms with Gasteiger partial charge in [-0.15, -0.1) is 0 Å². The maximum atomic E-state index is 12.2. The van der Waals surface area contributed by atoms with Crippen LogP contribution in [0.4, 0.5) is 0 Å². The topological polar surface area (TPSA) is 46.5 Å². The summed E-state index contributed by atoms with van der Waals surface area (Å²) in [5.41, 5.74) is -0.221. The molecule has 0 unspecified atom stereocenters. The molecule has 2 aromatic rings. The molecule has 1 aliphatic carbocycles. The Bertz CT molecular complexity index is 694. The molecule has 0 fully saturated rings. The number of ether oxygens (including phenoxy) is 1. The average Bonchev–Trinajstić information content (AvgIpc) is 2.91. The molecule has 3 nitrogen and oxygen atoms in total. The maximum Gasteiger partial charge on any atom is 0.166 e. The van der Waals surface area contributed by atoms with E-state index >= 15 is 0 Å². The number of hydrogen-bond donors (Lipinski definition) is 1. The van der Waals surface area contributed by atoms with E-state index in [0.717, 1.165) is 24.2 Å². The Morgan fingerprint density at radius 3 is 2.33 bits per heavy atom. The van der Waals surface area contributed by atoms with Crippen LogP contribution in [0.25, 0.3) is 0 Å². The Morgan fingerprint density at radius 1 is 0.958 bits per heavy atom. The fourth-order valence-corrected chi connectivity index (χ4v) is 3.21. The van der Waals surface area contributed by atoms with Gasteiger partial charge in [0.05, 0.1) is 18.1 Å². The van der Waals surface area contributed by atoms with Crippen molar-refractivity contribution >= 4 is 5.78 Å². The number of rotatable bonds is 7. The quantitative estimate of drug-likeness (QED) is 0.787. The van der Waals surface area contributed by atoms with Gasteiger partial charge in [0.15, 0.2) is 5.78 Å². The fourth-order valence-electron chi connectivity index (χ4n) is 3.21. The van der Waals surface area contributed by atoms with E-state index in [4.69, 9.17) is 4.74 Å². The number of unbranched alkanes of at least 4 members (excludes halogenated alkanes) is 1. The van der Waals surface area contributed by atoms with Crippen LogP contribution in [0.15, 0.2) is 72.8 Å². The molecule has 0 saturated carbocycles. The zero-order chi connectivity index (χ0) is 16.8. The van der Waals surface area contributed by atoms with E-state index in [1.54, 1.807) is 6.08 Å². The van der Waals surface area contributed by atoms with Gasteiger partial charge in [-0.25, -0.2) is 0 Å². The Kier molecular flexibility index (Phi) is 5.11. The van der Waals surface area contributed by atoms with E-state index in [1.165, 1.54) is 6.08 Å². The maximum absolute atomic E-state index is 12.2. The second kappa shape index (κ2) is 7.45. The lowest BCUT2D eigenvalue weighted by atomic mass is 9.81. The second-order valence-electron chi connectivity index (χ2n) is 6.19. The van der Waals surface area contributed by atoms with E-state index in [2.05, 4.69) is 0 Å². The molecule has 3 heteroatoms. The lowest BCUT2D eigenvalue weighted by molar-refractivity contribution is -0.118. The highest BCUT2D eigenvalue weighted by Gasteiger charge is 2.43. The van der Waals surface area contributed by atoms with Crippen molar-refractivity contribution in [2.24, 2.45) is 0 Å². The third kappa shape index (κ3) is 3.74. The molecule has 0 bridgehead atoms. The first-order valence-corrected chi connectivity index (χ1v) is 8.37. The van der Waals surface area contributed by atoms with E-state index in [0.29, 0.717) is 13.0 Å². The molecule has 0 spiro atoms. The van der Waals surface area contributed by atoms with Gasteiger partial charge >= 0.3 is 0 Å². The zero-order valence-electron chi connectivity index (χ0n) is 13.6. The van der Waals surface area contributed by atoms with Crippen LogP contribution in [-0.4, -0.2) is 23.1 Å². The van der Waals surface area contributed by atoms with Gasteiger partial charge in [-0.3, -0.25) is 4.79 Å². The number of hydrogen-bond acceptors (Lipinski definition) is 3. The van der Waals surface area contributed by atoms with Crippen LogP contribution in [0.5, 0.6) is 5.75 Å². The number of aliphatic hydroxyl groups is 1. The summed E-state index contributed by atoms with van der Waals surface area (Å²) in [6.07, 6.45) is 5.35. The average molecular weight is 322 g/mol. The van der Waals surface area contributed by atoms with Gasteiger partial charge in [-0.2, -0.15) is 0 Å². The smallest absolute Gasteiger partial charge is 0.166 e. The summed E-state index contributed by atoms with van der Waals surface area (Å²) in [7, 11) is 0. The van der Waals surface area contributed by atoms with E-state index in [9.17, 15) is 9.90 Å². The summed E-state index contributed by atoms with van der Waals surface area (Å²) >= 11 is 0. The lowest BCUT2D eigenvalue weighted by Gasteiger charge is -2.28. The molecule has 3 rings (SSSR count). The number of para-hydroxylation sites is 1. The van der Waals surface area contributed by atoms with E-state index in [-0.39, 0.29) is 5.78 Å². The van der Waals surface area contributed by atoms with Crippen molar-refractivity contribution in [3.63, 3.8) is 0 Å². The van der Waals surface area contributed by atoms with Crippen LogP contribution in [0, 0.1) is 0 Å². The van der Waals surface area contributed by atoms with Crippen molar-refractivity contribution in [2.75, 3.05) is 6.61 Å². The molecule has 0 amide bonds. The second-order valence-corrected chi connectivity index (χ2v) is 6.19. The van der Waals surface area contributed by atoms with Crippen LogP contribution in [0.3, 0.4) is 0 Å². The minimum Gasteiger partial charge on any atom is -0.494 e.